The molecule has 0 aliphatic carbocycles. The van der Waals surface area contributed by atoms with Crippen LogP contribution >= 0.6 is 0 Å². The fourth-order valence-corrected chi connectivity index (χ4v) is 2.85. The quantitative estimate of drug-likeness (QED) is 0.742. The molecule has 0 aromatic heterocycles. The summed E-state index contributed by atoms with van der Waals surface area (Å²) in [6, 6.07) is 0.188. The van der Waals surface area contributed by atoms with Gasteiger partial charge in [-0.2, -0.15) is 0 Å². The molecule has 2 fully saturated rings. The molecular weight excluding hydrogens is 218 g/mol. The van der Waals surface area contributed by atoms with Crippen molar-refractivity contribution in [3.8, 4) is 0 Å². The van der Waals surface area contributed by atoms with Crippen LogP contribution in [-0.2, 0) is 9.59 Å². The van der Waals surface area contributed by atoms with Crippen LogP contribution in [0.2, 0.25) is 0 Å². The molecule has 0 bridgehead atoms. The van der Waals surface area contributed by atoms with Crippen LogP contribution in [-0.4, -0.2) is 53.8 Å². The van der Waals surface area contributed by atoms with E-state index in [2.05, 4.69) is 0 Å². The van der Waals surface area contributed by atoms with E-state index in [1.165, 1.54) is 0 Å². The molecule has 5 nitrogen and oxygen atoms in total. The second kappa shape index (κ2) is 5.04. The van der Waals surface area contributed by atoms with E-state index in [9.17, 15) is 9.59 Å². The lowest BCUT2D eigenvalue weighted by molar-refractivity contribution is -0.136. The lowest BCUT2D eigenvalue weighted by Gasteiger charge is -2.26. The molecule has 0 saturated carbocycles. The highest BCUT2D eigenvalue weighted by molar-refractivity contribution is 5.89. The fourth-order valence-electron chi connectivity index (χ4n) is 2.85. The van der Waals surface area contributed by atoms with E-state index in [4.69, 9.17) is 5.73 Å². The largest absolute Gasteiger partial charge is 0.342 e. The first-order valence-corrected chi connectivity index (χ1v) is 6.45. The van der Waals surface area contributed by atoms with E-state index in [1.807, 2.05) is 11.8 Å². The highest BCUT2D eigenvalue weighted by Crippen LogP contribution is 2.24. The third kappa shape index (κ3) is 2.29. The Balaban J connectivity index is 1.99. The third-order valence-electron chi connectivity index (χ3n) is 3.88. The number of nitrogens with two attached hydrogens (primary N) is 1. The average molecular weight is 239 g/mol. The van der Waals surface area contributed by atoms with E-state index in [1.54, 1.807) is 4.90 Å². The monoisotopic (exact) mass is 239 g/mol. The number of rotatable bonds is 3. The first kappa shape index (κ1) is 12.4. The van der Waals surface area contributed by atoms with E-state index in [-0.39, 0.29) is 23.8 Å². The Bertz CT molecular complexity index is 319. The van der Waals surface area contributed by atoms with Gasteiger partial charge in [0.25, 0.3) is 0 Å². The molecular formula is C12H21N3O2. The molecule has 2 heterocycles. The molecule has 2 aliphatic rings. The number of hydrogen-bond donors (Lipinski definition) is 1. The van der Waals surface area contributed by atoms with Gasteiger partial charge in [-0.3, -0.25) is 9.59 Å². The Morgan fingerprint density at radius 3 is 2.88 bits per heavy atom. The molecule has 0 radical (unpaired) electrons. The van der Waals surface area contributed by atoms with Gasteiger partial charge in [0.15, 0.2) is 0 Å². The summed E-state index contributed by atoms with van der Waals surface area (Å²) in [5, 5.41) is 0. The normalized spacial score (nSPS) is 29.2. The average Bonchev–Trinajstić information content (AvgIpc) is 2.93. The number of nitrogens with zero attached hydrogens (tertiary/aromatic N) is 2. The van der Waals surface area contributed by atoms with Gasteiger partial charge in [0.05, 0.1) is 5.92 Å². The molecule has 2 amide bonds. The molecule has 0 aromatic carbocycles. The third-order valence-corrected chi connectivity index (χ3v) is 3.88. The predicted molar refractivity (Wildman–Crippen MR) is 64.2 cm³/mol. The van der Waals surface area contributed by atoms with E-state index in [0.29, 0.717) is 26.1 Å². The lowest BCUT2D eigenvalue weighted by atomic mass is 10.1. The van der Waals surface area contributed by atoms with Crippen LogP contribution in [0.15, 0.2) is 0 Å². The van der Waals surface area contributed by atoms with Crippen molar-refractivity contribution >= 4 is 11.8 Å². The van der Waals surface area contributed by atoms with Crippen LogP contribution < -0.4 is 5.73 Å². The smallest absolute Gasteiger partial charge is 0.228 e. The zero-order chi connectivity index (χ0) is 12.4. The summed E-state index contributed by atoms with van der Waals surface area (Å²) in [6.07, 6.45) is 2.41. The van der Waals surface area contributed by atoms with Gasteiger partial charge in [-0.15, -0.1) is 0 Å². The van der Waals surface area contributed by atoms with Crippen molar-refractivity contribution in [3.05, 3.63) is 0 Å². The van der Waals surface area contributed by atoms with Crippen LogP contribution in [0.1, 0.15) is 26.2 Å². The molecule has 2 unspecified atom stereocenters. The zero-order valence-electron chi connectivity index (χ0n) is 10.4. The molecule has 0 spiro atoms. The summed E-state index contributed by atoms with van der Waals surface area (Å²) in [7, 11) is 0. The Labute approximate surface area is 102 Å². The SMILES string of the molecule is CCN1CC(C(=O)N2CCCC2CN)CC1=O. The van der Waals surface area contributed by atoms with Crippen LogP contribution in [0.3, 0.4) is 0 Å². The summed E-state index contributed by atoms with van der Waals surface area (Å²) in [6.45, 7) is 4.57. The van der Waals surface area contributed by atoms with Crippen LogP contribution in [0, 0.1) is 5.92 Å². The Morgan fingerprint density at radius 1 is 1.53 bits per heavy atom. The molecule has 2 aliphatic heterocycles. The number of hydrogen-bond acceptors (Lipinski definition) is 3. The van der Waals surface area contributed by atoms with Crippen molar-refractivity contribution in [3.63, 3.8) is 0 Å². The highest BCUT2D eigenvalue weighted by Gasteiger charge is 2.38. The lowest BCUT2D eigenvalue weighted by Crippen LogP contribution is -2.43. The fraction of sp³-hybridized carbons (Fsp3) is 0.833. The summed E-state index contributed by atoms with van der Waals surface area (Å²) in [4.78, 5) is 27.6. The molecule has 2 saturated heterocycles. The standard InChI is InChI=1S/C12H21N3O2/c1-2-14-8-9(6-11(14)16)12(17)15-5-3-4-10(15)7-13/h9-10H,2-8,13H2,1H3. The van der Waals surface area contributed by atoms with Crippen molar-refractivity contribution in [2.75, 3.05) is 26.2 Å². The zero-order valence-corrected chi connectivity index (χ0v) is 10.4. The summed E-state index contributed by atoms with van der Waals surface area (Å²) >= 11 is 0. The second-order valence-electron chi connectivity index (χ2n) is 4.90. The van der Waals surface area contributed by atoms with Gasteiger partial charge in [0.1, 0.15) is 0 Å². The van der Waals surface area contributed by atoms with Crippen molar-refractivity contribution < 1.29 is 9.59 Å². The summed E-state index contributed by atoms with van der Waals surface area (Å²) in [5.41, 5.74) is 5.67. The number of carbonyl (C=O) groups is 2. The summed E-state index contributed by atoms with van der Waals surface area (Å²) < 4.78 is 0. The summed E-state index contributed by atoms with van der Waals surface area (Å²) in [5.74, 6) is 0.0891. The molecule has 5 heteroatoms. The Kier molecular flexibility index (Phi) is 3.66. The van der Waals surface area contributed by atoms with Crippen molar-refractivity contribution in [1.29, 1.82) is 0 Å². The maximum absolute atomic E-state index is 12.3. The topological polar surface area (TPSA) is 66.6 Å². The van der Waals surface area contributed by atoms with Crippen LogP contribution in [0.5, 0.6) is 0 Å². The van der Waals surface area contributed by atoms with Crippen molar-refractivity contribution in [2.45, 2.75) is 32.2 Å². The van der Waals surface area contributed by atoms with Crippen LogP contribution in [0.25, 0.3) is 0 Å². The highest BCUT2D eigenvalue weighted by atomic mass is 16.2. The van der Waals surface area contributed by atoms with Crippen LogP contribution in [0.4, 0.5) is 0 Å². The van der Waals surface area contributed by atoms with Gasteiger partial charge in [-0.25, -0.2) is 0 Å². The first-order chi connectivity index (χ1) is 8.17. The molecule has 96 valence electrons. The molecule has 2 N–H and O–H groups in total. The minimum atomic E-state index is -0.144. The molecule has 2 rings (SSSR count). The minimum absolute atomic E-state index is 0.106. The van der Waals surface area contributed by atoms with Gasteiger partial charge in [-0.05, 0) is 19.8 Å². The van der Waals surface area contributed by atoms with E-state index >= 15 is 0 Å². The second-order valence-corrected chi connectivity index (χ2v) is 4.90. The Hall–Kier alpha value is -1.10. The maximum Gasteiger partial charge on any atom is 0.228 e. The molecule has 0 aromatic rings. The molecule has 17 heavy (non-hydrogen) atoms. The Morgan fingerprint density at radius 2 is 2.29 bits per heavy atom. The van der Waals surface area contributed by atoms with Crippen molar-refractivity contribution in [1.82, 2.24) is 9.80 Å². The number of amides is 2. The van der Waals surface area contributed by atoms with Gasteiger partial charge in [-0.1, -0.05) is 0 Å². The van der Waals surface area contributed by atoms with Crippen molar-refractivity contribution in [2.24, 2.45) is 11.7 Å². The predicted octanol–water partition coefficient (Wildman–Crippen LogP) is -0.195. The number of carbonyl (C=O) groups excluding carboxylic acids is 2. The van der Waals surface area contributed by atoms with E-state index < -0.39 is 0 Å². The maximum atomic E-state index is 12.3. The minimum Gasteiger partial charge on any atom is -0.342 e. The van der Waals surface area contributed by atoms with Gasteiger partial charge >= 0.3 is 0 Å². The van der Waals surface area contributed by atoms with E-state index in [0.717, 1.165) is 19.4 Å². The van der Waals surface area contributed by atoms with Gasteiger partial charge < -0.3 is 15.5 Å². The first-order valence-electron chi connectivity index (χ1n) is 6.45. The molecule has 2 atom stereocenters. The number of likely N-dealkylation sites (tertiary alicyclic amines) is 2. The van der Waals surface area contributed by atoms with Gasteiger partial charge in [0.2, 0.25) is 11.8 Å². The van der Waals surface area contributed by atoms with Gasteiger partial charge in [0, 0.05) is 38.6 Å².